The monoisotopic (exact) mass is 168 g/mol. The van der Waals surface area contributed by atoms with Gasteiger partial charge >= 0.3 is 0 Å². The van der Waals surface area contributed by atoms with Gasteiger partial charge < -0.3 is 15.9 Å². The molecule has 1 rings (SSSR count). The van der Waals surface area contributed by atoms with Crippen molar-refractivity contribution in [1.29, 1.82) is 0 Å². The summed E-state index contributed by atoms with van der Waals surface area (Å²) in [6.07, 6.45) is 0. The molecule has 1 aromatic heterocycles. The van der Waals surface area contributed by atoms with E-state index in [1.54, 1.807) is 18.2 Å². The van der Waals surface area contributed by atoms with E-state index in [9.17, 15) is 0 Å². The van der Waals surface area contributed by atoms with Crippen molar-refractivity contribution in [2.45, 2.75) is 12.6 Å². The van der Waals surface area contributed by atoms with Crippen LogP contribution in [-0.2, 0) is 6.61 Å². The van der Waals surface area contributed by atoms with Gasteiger partial charge in [0, 0.05) is 0 Å². The van der Waals surface area contributed by atoms with Crippen molar-refractivity contribution in [1.82, 2.24) is 4.98 Å². The molecule has 0 saturated carbocycles. The van der Waals surface area contributed by atoms with Gasteiger partial charge in [-0.25, -0.2) is 0 Å². The number of pyridine rings is 1. The van der Waals surface area contributed by atoms with Crippen LogP contribution in [0.15, 0.2) is 18.2 Å². The van der Waals surface area contributed by atoms with Gasteiger partial charge in [0.25, 0.3) is 0 Å². The molecule has 0 amide bonds. The molecule has 0 aromatic carbocycles. The van der Waals surface area contributed by atoms with Gasteiger partial charge in [-0.2, -0.15) is 0 Å². The summed E-state index contributed by atoms with van der Waals surface area (Å²) in [5, 5.41) is 17.5. The molecule has 4 N–H and O–H groups in total. The Labute approximate surface area is 70.7 Å². The Morgan fingerprint density at radius 2 is 2.17 bits per heavy atom. The summed E-state index contributed by atoms with van der Waals surface area (Å²) in [5.41, 5.74) is 6.69. The molecule has 0 bridgehead atoms. The van der Waals surface area contributed by atoms with Crippen LogP contribution in [0.4, 0.5) is 0 Å². The third kappa shape index (κ3) is 2.01. The molecule has 4 nitrogen and oxygen atoms in total. The highest BCUT2D eigenvalue weighted by Crippen LogP contribution is 2.06. The Bertz CT molecular complexity index is 253. The Kier molecular flexibility index (Phi) is 3.16. The fraction of sp³-hybridized carbons (Fsp3) is 0.375. The average Bonchev–Trinajstić information content (AvgIpc) is 2.17. The molecule has 12 heavy (non-hydrogen) atoms. The van der Waals surface area contributed by atoms with E-state index < -0.39 is 6.04 Å². The number of hydrogen-bond donors (Lipinski definition) is 3. The third-order valence-electron chi connectivity index (χ3n) is 1.57. The molecule has 0 radical (unpaired) electrons. The van der Waals surface area contributed by atoms with Crippen LogP contribution in [-0.4, -0.2) is 21.8 Å². The fourth-order valence-corrected chi connectivity index (χ4v) is 0.886. The van der Waals surface area contributed by atoms with E-state index in [2.05, 4.69) is 4.98 Å². The second-order valence-electron chi connectivity index (χ2n) is 2.50. The molecule has 4 heteroatoms. The summed E-state index contributed by atoms with van der Waals surface area (Å²) in [6.45, 7) is -0.242. The van der Waals surface area contributed by atoms with Gasteiger partial charge in [0.1, 0.15) is 0 Å². The molecule has 0 aliphatic carbocycles. The lowest BCUT2D eigenvalue weighted by Gasteiger charge is -2.07. The Morgan fingerprint density at radius 1 is 1.42 bits per heavy atom. The second-order valence-corrected chi connectivity index (χ2v) is 2.50. The van der Waals surface area contributed by atoms with Gasteiger partial charge in [-0.1, -0.05) is 6.07 Å². The van der Waals surface area contributed by atoms with E-state index in [0.717, 1.165) is 0 Å². The molecular weight excluding hydrogens is 156 g/mol. The first kappa shape index (κ1) is 9.12. The molecule has 0 spiro atoms. The molecule has 0 aliphatic rings. The smallest absolute Gasteiger partial charge is 0.0853 e. The van der Waals surface area contributed by atoms with E-state index in [1.807, 2.05) is 0 Å². The lowest BCUT2D eigenvalue weighted by atomic mass is 10.2. The predicted molar refractivity (Wildman–Crippen MR) is 44.2 cm³/mol. The standard InChI is InChI=1S/C8H12N2O2/c9-7(5-12)8-3-1-2-6(4-11)10-8/h1-3,7,11-12H,4-5,9H2/t7-/m1/s1. The van der Waals surface area contributed by atoms with Gasteiger partial charge in [-0.15, -0.1) is 0 Å². The summed E-state index contributed by atoms with van der Waals surface area (Å²) in [7, 11) is 0. The summed E-state index contributed by atoms with van der Waals surface area (Å²) in [4.78, 5) is 4.03. The Hall–Kier alpha value is -0.970. The largest absolute Gasteiger partial charge is 0.394 e. The van der Waals surface area contributed by atoms with Crippen LogP contribution in [0.3, 0.4) is 0 Å². The van der Waals surface area contributed by atoms with Crippen molar-refractivity contribution >= 4 is 0 Å². The zero-order valence-electron chi connectivity index (χ0n) is 6.64. The van der Waals surface area contributed by atoms with Crippen LogP contribution in [0, 0.1) is 0 Å². The van der Waals surface area contributed by atoms with Crippen LogP contribution in [0.2, 0.25) is 0 Å². The van der Waals surface area contributed by atoms with Gasteiger partial charge in [0.05, 0.1) is 30.6 Å². The van der Waals surface area contributed by atoms with Gasteiger partial charge in [-0.3, -0.25) is 4.98 Å². The van der Waals surface area contributed by atoms with E-state index in [1.165, 1.54) is 0 Å². The molecule has 0 fully saturated rings. The molecule has 1 atom stereocenters. The first-order valence-electron chi connectivity index (χ1n) is 3.71. The van der Waals surface area contributed by atoms with Crippen LogP contribution in [0.1, 0.15) is 17.4 Å². The predicted octanol–water partition coefficient (Wildman–Crippen LogP) is -0.434. The van der Waals surface area contributed by atoms with Crippen molar-refractivity contribution in [3.8, 4) is 0 Å². The number of aromatic nitrogens is 1. The normalized spacial score (nSPS) is 12.9. The zero-order valence-corrected chi connectivity index (χ0v) is 6.64. The maximum Gasteiger partial charge on any atom is 0.0853 e. The maximum absolute atomic E-state index is 8.75. The van der Waals surface area contributed by atoms with Crippen LogP contribution >= 0.6 is 0 Å². The highest BCUT2D eigenvalue weighted by Gasteiger charge is 2.05. The molecule has 1 aromatic rings. The highest BCUT2D eigenvalue weighted by molar-refractivity contribution is 5.13. The van der Waals surface area contributed by atoms with E-state index in [4.69, 9.17) is 15.9 Å². The van der Waals surface area contributed by atoms with Crippen molar-refractivity contribution in [3.63, 3.8) is 0 Å². The minimum Gasteiger partial charge on any atom is -0.394 e. The number of rotatable bonds is 3. The molecule has 0 unspecified atom stereocenters. The summed E-state index contributed by atoms with van der Waals surface area (Å²) in [5.74, 6) is 0. The van der Waals surface area contributed by atoms with E-state index in [-0.39, 0.29) is 13.2 Å². The Balaban J connectivity index is 2.86. The average molecular weight is 168 g/mol. The molecule has 0 aliphatic heterocycles. The minimum atomic E-state index is -0.462. The summed E-state index contributed by atoms with van der Waals surface area (Å²) in [6, 6.07) is 4.72. The maximum atomic E-state index is 8.75. The lowest BCUT2D eigenvalue weighted by Crippen LogP contribution is -2.16. The van der Waals surface area contributed by atoms with E-state index >= 15 is 0 Å². The van der Waals surface area contributed by atoms with Crippen LogP contribution in [0.25, 0.3) is 0 Å². The second kappa shape index (κ2) is 4.15. The summed E-state index contributed by atoms with van der Waals surface area (Å²) >= 11 is 0. The number of nitrogens with two attached hydrogens (primary N) is 1. The fourth-order valence-electron chi connectivity index (χ4n) is 0.886. The molecule has 66 valence electrons. The van der Waals surface area contributed by atoms with Crippen molar-refractivity contribution in [3.05, 3.63) is 29.6 Å². The number of hydrogen-bond acceptors (Lipinski definition) is 4. The molecular formula is C8H12N2O2. The van der Waals surface area contributed by atoms with Gasteiger partial charge in [0.15, 0.2) is 0 Å². The van der Waals surface area contributed by atoms with Crippen LogP contribution < -0.4 is 5.73 Å². The lowest BCUT2D eigenvalue weighted by molar-refractivity contribution is 0.262. The van der Waals surface area contributed by atoms with Crippen molar-refractivity contribution in [2.24, 2.45) is 5.73 Å². The van der Waals surface area contributed by atoms with Gasteiger partial charge in [-0.05, 0) is 12.1 Å². The third-order valence-corrected chi connectivity index (χ3v) is 1.57. The first-order valence-corrected chi connectivity index (χ1v) is 3.71. The SMILES string of the molecule is N[C@H](CO)c1cccc(CO)n1. The van der Waals surface area contributed by atoms with Crippen molar-refractivity contribution in [2.75, 3.05) is 6.61 Å². The molecule has 0 saturated heterocycles. The highest BCUT2D eigenvalue weighted by atomic mass is 16.3. The topological polar surface area (TPSA) is 79.4 Å². The van der Waals surface area contributed by atoms with Crippen LogP contribution in [0.5, 0.6) is 0 Å². The first-order chi connectivity index (χ1) is 5.77. The van der Waals surface area contributed by atoms with E-state index in [0.29, 0.717) is 11.4 Å². The minimum absolute atomic E-state index is 0.105. The summed E-state index contributed by atoms with van der Waals surface area (Å²) < 4.78 is 0. The Morgan fingerprint density at radius 3 is 2.75 bits per heavy atom. The number of aliphatic hydroxyl groups is 2. The van der Waals surface area contributed by atoms with Crippen molar-refractivity contribution < 1.29 is 10.2 Å². The molecule has 1 heterocycles. The number of nitrogens with zero attached hydrogens (tertiary/aromatic N) is 1. The zero-order chi connectivity index (χ0) is 8.97. The quantitative estimate of drug-likeness (QED) is 0.572. The van der Waals surface area contributed by atoms with Gasteiger partial charge in [0.2, 0.25) is 0 Å². The number of aliphatic hydroxyl groups excluding tert-OH is 2.